The second kappa shape index (κ2) is 17.0. The van der Waals surface area contributed by atoms with Crippen molar-refractivity contribution < 1.29 is 4.42 Å². The SMILES string of the molecule is C1=CCC(C2=CC3c4cc(-c5ccc6c(c5)c5cc(-c7ccc8c(c7)c7cc(-c9ccccc9)ccc7n8-c7ccccc7)ccc5n6-c5ccc6oc7ccccc7c6c5)ccc4N(c4ccccc4)C3C=C2)C=C1. The van der Waals surface area contributed by atoms with Crippen molar-refractivity contribution in [1.82, 2.24) is 9.13 Å². The van der Waals surface area contributed by atoms with Gasteiger partial charge in [-0.1, -0.05) is 158 Å². The van der Waals surface area contributed by atoms with Crippen molar-refractivity contribution >= 4 is 76.9 Å². The molecule has 4 nitrogen and oxygen atoms in total. The van der Waals surface area contributed by atoms with Crippen LogP contribution < -0.4 is 4.90 Å². The van der Waals surface area contributed by atoms with E-state index in [0.29, 0.717) is 5.92 Å². The van der Waals surface area contributed by atoms with Crippen LogP contribution in [-0.4, -0.2) is 15.2 Å². The average Bonchev–Trinajstić information content (AvgIpc) is 4.32. The van der Waals surface area contributed by atoms with Crippen molar-refractivity contribution in [2.24, 2.45) is 5.92 Å². The number of furan rings is 1. The van der Waals surface area contributed by atoms with Crippen molar-refractivity contribution in [3.05, 3.63) is 278 Å². The fourth-order valence-electron chi connectivity index (χ4n) is 12.9. The van der Waals surface area contributed by atoms with Crippen LogP contribution in [-0.2, 0) is 0 Å². The molecule has 0 amide bonds. The fourth-order valence-corrected chi connectivity index (χ4v) is 12.9. The fraction of sp³-hybridized carbons (Fsp3) is 0.0556. The van der Waals surface area contributed by atoms with Gasteiger partial charge in [0.15, 0.2) is 0 Å². The van der Waals surface area contributed by atoms with E-state index < -0.39 is 0 Å². The molecule has 3 aromatic heterocycles. The number of para-hydroxylation sites is 3. The molecule has 2 aliphatic carbocycles. The number of rotatable bonds is 7. The van der Waals surface area contributed by atoms with Gasteiger partial charge in [0, 0.05) is 66.9 Å². The molecule has 13 aromatic rings. The van der Waals surface area contributed by atoms with Gasteiger partial charge in [-0.3, -0.25) is 0 Å². The highest BCUT2D eigenvalue weighted by Gasteiger charge is 2.39. The monoisotopic (exact) mass is 971 g/mol. The van der Waals surface area contributed by atoms with E-state index >= 15 is 0 Å². The highest BCUT2D eigenvalue weighted by atomic mass is 16.3. The minimum absolute atomic E-state index is 0.197. The summed E-state index contributed by atoms with van der Waals surface area (Å²) in [6.07, 6.45) is 17.4. The molecule has 0 fully saturated rings. The molecule has 3 unspecified atom stereocenters. The van der Waals surface area contributed by atoms with Gasteiger partial charge in [0.2, 0.25) is 0 Å². The van der Waals surface area contributed by atoms with Crippen LogP contribution in [0.15, 0.2) is 277 Å². The van der Waals surface area contributed by atoms with E-state index in [1.807, 2.05) is 6.07 Å². The van der Waals surface area contributed by atoms with Crippen LogP contribution in [0.2, 0.25) is 0 Å². The van der Waals surface area contributed by atoms with Gasteiger partial charge in [-0.05, 0) is 160 Å². The third-order valence-electron chi connectivity index (χ3n) is 16.6. The van der Waals surface area contributed by atoms with Gasteiger partial charge < -0.3 is 18.5 Å². The topological polar surface area (TPSA) is 26.2 Å². The van der Waals surface area contributed by atoms with Gasteiger partial charge in [-0.2, -0.15) is 0 Å². The number of aromatic nitrogens is 2. The highest BCUT2D eigenvalue weighted by molar-refractivity contribution is 6.14. The number of hydrogen-bond acceptors (Lipinski definition) is 2. The van der Waals surface area contributed by atoms with E-state index in [1.165, 1.54) is 88.5 Å². The van der Waals surface area contributed by atoms with Crippen LogP contribution in [0.3, 0.4) is 0 Å². The molecule has 76 heavy (non-hydrogen) atoms. The summed E-state index contributed by atoms with van der Waals surface area (Å²) < 4.78 is 11.2. The van der Waals surface area contributed by atoms with Gasteiger partial charge in [-0.25, -0.2) is 0 Å². The Morgan fingerprint density at radius 1 is 0.382 bits per heavy atom. The number of benzene rings is 10. The Hall–Kier alpha value is -9.64. The van der Waals surface area contributed by atoms with E-state index in [2.05, 4.69) is 275 Å². The van der Waals surface area contributed by atoms with Crippen molar-refractivity contribution in [2.45, 2.75) is 18.4 Å². The summed E-state index contributed by atoms with van der Waals surface area (Å²) in [6.45, 7) is 0. The zero-order valence-electron chi connectivity index (χ0n) is 41.6. The third-order valence-corrected chi connectivity index (χ3v) is 16.6. The predicted molar refractivity (Wildman–Crippen MR) is 317 cm³/mol. The Kier molecular flexibility index (Phi) is 9.55. The summed E-state index contributed by atoms with van der Waals surface area (Å²) in [5.74, 6) is 0.613. The maximum Gasteiger partial charge on any atom is 0.135 e. The largest absolute Gasteiger partial charge is 0.456 e. The molecule has 1 aliphatic heterocycles. The lowest BCUT2D eigenvalue weighted by atomic mass is 9.82. The Balaban J connectivity index is 0.879. The molecule has 0 saturated carbocycles. The Morgan fingerprint density at radius 2 is 0.921 bits per heavy atom. The molecule has 358 valence electrons. The van der Waals surface area contributed by atoms with E-state index in [4.69, 9.17) is 4.42 Å². The first kappa shape index (κ1) is 42.8. The second-order valence-electron chi connectivity index (χ2n) is 20.8. The first-order chi connectivity index (χ1) is 37.7. The lowest BCUT2D eigenvalue weighted by molar-refractivity contribution is 0.669. The summed E-state index contributed by atoms with van der Waals surface area (Å²) in [6, 6.07) is 82.9. The van der Waals surface area contributed by atoms with Crippen LogP contribution in [0.25, 0.3) is 110 Å². The van der Waals surface area contributed by atoms with Crippen molar-refractivity contribution in [3.63, 3.8) is 0 Å². The highest BCUT2D eigenvalue weighted by Crippen LogP contribution is 2.51. The number of nitrogens with zero attached hydrogens (tertiary/aromatic N) is 3. The first-order valence-corrected chi connectivity index (χ1v) is 26.6. The minimum atomic E-state index is 0.197. The average molecular weight is 972 g/mol. The molecule has 16 rings (SSSR count). The summed E-state index contributed by atoms with van der Waals surface area (Å²) in [5.41, 5.74) is 21.2. The molecular weight excluding hydrogens is 923 g/mol. The lowest BCUT2D eigenvalue weighted by Crippen LogP contribution is -2.29. The molecule has 4 heterocycles. The van der Waals surface area contributed by atoms with Crippen LogP contribution in [0, 0.1) is 5.92 Å². The van der Waals surface area contributed by atoms with Crippen molar-refractivity contribution in [1.29, 1.82) is 0 Å². The Labute approximate surface area is 440 Å². The normalized spacial score (nSPS) is 16.9. The maximum absolute atomic E-state index is 6.35. The number of allylic oxidation sites excluding steroid dienone is 6. The molecule has 0 bridgehead atoms. The molecule has 0 N–H and O–H groups in total. The Morgan fingerprint density at radius 3 is 1.55 bits per heavy atom. The van der Waals surface area contributed by atoms with E-state index in [-0.39, 0.29) is 12.0 Å². The van der Waals surface area contributed by atoms with Gasteiger partial charge in [0.25, 0.3) is 0 Å². The summed E-state index contributed by atoms with van der Waals surface area (Å²) in [7, 11) is 0. The molecule has 10 aromatic carbocycles. The van der Waals surface area contributed by atoms with Crippen molar-refractivity contribution in [2.75, 3.05) is 4.90 Å². The zero-order chi connectivity index (χ0) is 49.8. The van der Waals surface area contributed by atoms with Gasteiger partial charge in [0.05, 0.1) is 28.1 Å². The standard InChI is InChI=1S/C72H49N3O/c1-5-15-46(16-6-1)48-25-32-65-58(39-48)60-41-50(27-34-67(60)73(65)54-19-9-3-10-20-54)52-29-36-69-62(43-52)63-44-53(30-37-70(63)75(69)56-31-38-72-64(45-56)57-23-13-14-24-71(57)76-72)51-28-35-68-61(42-51)59-40-49(47-17-7-2-8-18-47)26-33-66(59)74(68)55-21-11-4-12-22-55/h1-17,19-45,47,59,66H,18H2. The molecular formula is C72H49N3O. The van der Waals surface area contributed by atoms with Gasteiger partial charge >= 0.3 is 0 Å². The summed E-state index contributed by atoms with van der Waals surface area (Å²) in [4.78, 5) is 2.54. The summed E-state index contributed by atoms with van der Waals surface area (Å²) >= 11 is 0. The van der Waals surface area contributed by atoms with Crippen LogP contribution in [0.4, 0.5) is 11.4 Å². The molecule has 4 heteroatoms. The molecule has 0 spiro atoms. The Bertz CT molecular complexity index is 4620. The first-order valence-electron chi connectivity index (χ1n) is 26.6. The molecule has 0 saturated heterocycles. The smallest absolute Gasteiger partial charge is 0.135 e. The summed E-state index contributed by atoms with van der Waals surface area (Å²) in [5, 5.41) is 7.12. The second-order valence-corrected chi connectivity index (χ2v) is 20.8. The van der Waals surface area contributed by atoms with E-state index in [9.17, 15) is 0 Å². The molecule has 3 atom stereocenters. The quantitative estimate of drug-likeness (QED) is 0.159. The number of hydrogen-bond donors (Lipinski definition) is 0. The molecule has 0 radical (unpaired) electrons. The van der Waals surface area contributed by atoms with E-state index in [0.717, 1.165) is 50.8 Å². The third kappa shape index (κ3) is 6.70. The zero-order valence-corrected chi connectivity index (χ0v) is 41.6. The predicted octanol–water partition coefficient (Wildman–Crippen LogP) is 19.0. The van der Waals surface area contributed by atoms with Gasteiger partial charge in [-0.15, -0.1) is 0 Å². The maximum atomic E-state index is 6.35. The number of anilines is 2. The van der Waals surface area contributed by atoms with Crippen LogP contribution in [0.1, 0.15) is 17.9 Å². The lowest BCUT2D eigenvalue weighted by Gasteiger charge is -2.30. The van der Waals surface area contributed by atoms with Crippen molar-refractivity contribution in [3.8, 4) is 44.8 Å². The van der Waals surface area contributed by atoms with Crippen LogP contribution in [0.5, 0.6) is 0 Å². The van der Waals surface area contributed by atoms with Gasteiger partial charge in [0.1, 0.15) is 11.2 Å². The van der Waals surface area contributed by atoms with E-state index in [1.54, 1.807) is 0 Å². The number of fused-ring (bicyclic) bond motifs is 12. The minimum Gasteiger partial charge on any atom is -0.456 e. The molecule has 3 aliphatic rings. The van der Waals surface area contributed by atoms with Crippen LogP contribution >= 0.6 is 0 Å².